The maximum absolute atomic E-state index is 9.18. The van der Waals surface area contributed by atoms with E-state index in [2.05, 4.69) is 0 Å². The molecule has 4 rings (SSSR count). The Labute approximate surface area is 171 Å². The SMILES string of the molecule is CC1(C)O[C@H]2[C@@H](O1)[C@@H](CN([B-]C#N)OCc1ccccc1)O[C@@H]1OC(C)(C)O[C@@H]12. The van der Waals surface area contributed by atoms with E-state index < -0.39 is 24.0 Å². The molecular formula is C20H26BN2O6-. The molecule has 3 heterocycles. The molecule has 2 radical (unpaired) electrons. The largest absolute Gasteiger partial charge is 0.409 e. The molecule has 0 unspecified atom stereocenters. The van der Waals surface area contributed by atoms with Crippen molar-refractivity contribution in [3.8, 4) is 5.97 Å². The average molecular weight is 401 g/mol. The minimum Gasteiger partial charge on any atom is -0.409 e. The van der Waals surface area contributed by atoms with E-state index in [9.17, 15) is 5.26 Å². The quantitative estimate of drug-likeness (QED) is 0.528. The third-order valence-corrected chi connectivity index (χ3v) is 5.05. The zero-order chi connectivity index (χ0) is 20.6. The molecule has 0 bridgehead atoms. The molecule has 0 saturated carbocycles. The van der Waals surface area contributed by atoms with Gasteiger partial charge in [-0.3, -0.25) is 5.26 Å². The van der Waals surface area contributed by atoms with E-state index in [-0.39, 0.29) is 24.9 Å². The van der Waals surface area contributed by atoms with Crippen molar-refractivity contribution in [2.24, 2.45) is 0 Å². The molecule has 29 heavy (non-hydrogen) atoms. The zero-order valence-corrected chi connectivity index (χ0v) is 17.1. The molecule has 0 N–H and O–H groups in total. The smallest absolute Gasteiger partial charge is 0.190 e. The summed E-state index contributed by atoms with van der Waals surface area (Å²) in [5.41, 5.74) is 1.00. The van der Waals surface area contributed by atoms with Crippen LogP contribution >= 0.6 is 0 Å². The fraction of sp³-hybridized carbons (Fsp3) is 0.650. The molecule has 0 amide bonds. The lowest BCUT2D eigenvalue weighted by Crippen LogP contribution is -2.58. The third kappa shape index (κ3) is 4.65. The van der Waals surface area contributed by atoms with Crippen LogP contribution in [0.5, 0.6) is 0 Å². The molecule has 156 valence electrons. The average Bonchev–Trinajstić information content (AvgIpc) is 3.15. The predicted octanol–water partition coefficient (Wildman–Crippen LogP) is 1.92. The van der Waals surface area contributed by atoms with Crippen LogP contribution in [0.15, 0.2) is 30.3 Å². The third-order valence-electron chi connectivity index (χ3n) is 5.05. The molecular weight excluding hydrogens is 375 g/mol. The van der Waals surface area contributed by atoms with Crippen molar-refractivity contribution in [3.63, 3.8) is 0 Å². The first-order valence-electron chi connectivity index (χ1n) is 9.79. The van der Waals surface area contributed by atoms with Crippen LogP contribution < -0.4 is 0 Å². The molecule has 1 aromatic rings. The lowest BCUT2D eigenvalue weighted by Gasteiger charge is -2.42. The van der Waals surface area contributed by atoms with Gasteiger partial charge in [-0.05, 0) is 33.3 Å². The van der Waals surface area contributed by atoms with Crippen molar-refractivity contribution in [2.75, 3.05) is 6.54 Å². The van der Waals surface area contributed by atoms with E-state index in [1.54, 1.807) is 0 Å². The number of rotatable bonds is 6. The molecule has 5 atom stereocenters. The Hall–Kier alpha value is -1.51. The number of hydrogen-bond acceptors (Lipinski definition) is 8. The molecule has 0 aromatic heterocycles. The molecule has 3 saturated heterocycles. The first-order chi connectivity index (χ1) is 13.8. The second-order valence-corrected chi connectivity index (χ2v) is 8.32. The Morgan fingerprint density at radius 3 is 2.38 bits per heavy atom. The summed E-state index contributed by atoms with van der Waals surface area (Å²) in [7, 11) is 1.32. The molecule has 8 nitrogen and oxygen atoms in total. The van der Waals surface area contributed by atoms with Gasteiger partial charge in [-0.15, -0.1) is 0 Å². The van der Waals surface area contributed by atoms with Crippen molar-refractivity contribution >= 4 is 7.41 Å². The van der Waals surface area contributed by atoms with Crippen LogP contribution in [0.1, 0.15) is 33.3 Å². The van der Waals surface area contributed by atoms with Gasteiger partial charge in [0.05, 0.1) is 6.61 Å². The Kier molecular flexibility index (Phi) is 5.70. The van der Waals surface area contributed by atoms with Gasteiger partial charge >= 0.3 is 0 Å². The summed E-state index contributed by atoms with van der Waals surface area (Å²) in [6.07, 6.45) is -2.10. The van der Waals surface area contributed by atoms with Gasteiger partial charge in [0.15, 0.2) is 17.9 Å². The minimum atomic E-state index is -0.771. The van der Waals surface area contributed by atoms with Gasteiger partial charge in [0.2, 0.25) is 0 Å². The summed E-state index contributed by atoms with van der Waals surface area (Å²) >= 11 is 0. The van der Waals surface area contributed by atoms with Crippen LogP contribution in [0.4, 0.5) is 0 Å². The first-order valence-corrected chi connectivity index (χ1v) is 9.79. The molecule has 9 heteroatoms. The maximum Gasteiger partial charge on any atom is 0.190 e. The van der Waals surface area contributed by atoms with Gasteiger partial charge in [0, 0.05) is 6.54 Å². The van der Waals surface area contributed by atoms with E-state index in [0.29, 0.717) is 6.61 Å². The number of ether oxygens (including phenoxy) is 5. The van der Waals surface area contributed by atoms with E-state index in [4.69, 9.17) is 28.5 Å². The van der Waals surface area contributed by atoms with Gasteiger partial charge in [-0.25, -0.2) is 5.97 Å². The van der Waals surface area contributed by atoms with Crippen LogP contribution in [0.2, 0.25) is 0 Å². The highest BCUT2D eigenvalue weighted by atomic mass is 16.9. The lowest BCUT2D eigenvalue weighted by atomic mass is 9.94. The molecule has 3 aliphatic heterocycles. The highest BCUT2D eigenvalue weighted by Gasteiger charge is 2.60. The normalized spacial score (nSPS) is 34.6. The van der Waals surface area contributed by atoms with Gasteiger partial charge in [0.1, 0.15) is 24.4 Å². The highest BCUT2D eigenvalue weighted by molar-refractivity contribution is 6.41. The minimum absolute atomic E-state index is 0.286. The summed E-state index contributed by atoms with van der Waals surface area (Å²) in [5, 5.41) is 9.18. The van der Waals surface area contributed by atoms with E-state index >= 15 is 0 Å². The lowest BCUT2D eigenvalue weighted by molar-refractivity contribution is -0.247. The number of nitriles is 1. The Bertz CT molecular complexity index is 755. The Morgan fingerprint density at radius 2 is 1.66 bits per heavy atom. The summed E-state index contributed by atoms with van der Waals surface area (Å²) in [5.74, 6) is 0.483. The van der Waals surface area contributed by atoms with Crippen molar-refractivity contribution in [3.05, 3.63) is 35.9 Å². The number of hydrogen-bond donors (Lipinski definition) is 0. The topological polar surface area (TPSA) is 82.4 Å². The van der Waals surface area contributed by atoms with Crippen molar-refractivity contribution in [2.45, 2.75) is 76.6 Å². The summed E-state index contributed by atoms with van der Waals surface area (Å²) in [6.45, 7) is 8.04. The maximum atomic E-state index is 9.18. The zero-order valence-electron chi connectivity index (χ0n) is 17.1. The molecule has 1 aromatic carbocycles. The van der Waals surface area contributed by atoms with E-state index in [1.807, 2.05) is 64.0 Å². The number of fused-ring (bicyclic) bond motifs is 3. The van der Waals surface area contributed by atoms with E-state index in [0.717, 1.165) is 5.56 Å². The Morgan fingerprint density at radius 1 is 1.00 bits per heavy atom. The number of nitrogens with zero attached hydrogens (tertiary/aromatic N) is 2. The van der Waals surface area contributed by atoms with Crippen molar-refractivity contribution in [1.82, 2.24) is 4.97 Å². The first kappa shape index (κ1) is 20.8. The summed E-state index contributed by atoms with van der Waals surface area (Å²) in [6, 6.07) is 9.75. The molecule has 0 spiro atoms. The van der Waals surface area contributed by atoms with Crippen molar-refractivity contribution < 1.29 is 28.5 Å². The van der Waals surface area contributed by atoms with Gasteiger partial charge < -0.3 is 33.5 Å². The van der Waals surface area contributed by atoms with Gasteiger partial charge in [-0.1, -0.05) is 37.7 Å². The highest BCUT2D eigenvalue weighted by Crippen LogP contribution is 2.44. The van der Waals surface area contributed by atoms with Gasteiger partial charge in [0.25, 0.3) is 0 Å². The molecule has 0 aliphatic carbocycles. The second kappa shape index (κ2) is 7.97. The fourth-order valence-corrected chi connectivity index (χ4v) is 3.96. The summed E-state index contributed by atoms with van der Waals surface area (Å²) in [4.78, 5) is 7.31. The fourth-order valence-electron chi connectivity index (χ4n) is 3.96. The number of benzene rings is 1. The monoisotopic (exact) mass is 401 g/mol. The van der Waals surface area contributed by atoms with Crippen LogP contribution in [-0.4, -0.2) is 61.2 Å². The second-order valence-electron chi connectivity index (χ2n) is 8.32. The van der Waals surface area contributed by atoms with E-state index in [1.165, 1.54) is 12.4 Å². The Balaban J connectivity index is 1.47. The van der Waals surface area contributed by atoms with Crippen LogP contribution in [-0.2, 0) is 35.1 Å². The van der Waals surface area contributed by atoms with Crippen LogP contribution in [0.25, 0.3) is 0 Å². The van der Waals surface area contributed by atoms with Crippen molar-refractivity contribution in [1.29, 1.82) is 5.26 Å². The van der Waals surface area contributed by atoms with Crippen LogP contribution in [0.3, 0.4) is 0 Å². The summed E-state index contributed by atoms with van der Waals surface area (Å²) < 4.78 is 30.3. The van der Waals surface area contributed by atoms with Gasteiger partial charge in [-0.2, -0.15) is 0 Å². The molecule has 3 aliphatic rings. The number of hydroxylamine groups is 1. The molecule has 3 fully saturated rings. The predicted molar refractivity (Wildman–Crippen MR) is 102 cm³/mol. The standard InChI is InChI=1S/C20H26BN2O6/c1-19(2)26-15-14(25-18-17(16(15)27-19)28-20(3,4)29-18)10-23(21-12-22)24-11-13-8-6-5-7-9-13/h5-9,14-18H,10-11H2,1-4H3/q-1/t14-,15+,16+,17-,18-/m1/s1. The van der Waals surface area contributed by atoms with Crippen LogP contribution in [0, 0.1) is 11.2 Å².